The molecule has 0 spiro atoms. The Morgan fingerprint density at radius 1 is 1.08 bits per heavy atom. The Labute approximate surface area is 155 Å². The molecule has 0 aliphatic carbocycles. The largest absolute Gasteiger partial charge is 0.322 e. The molecule has 0 bridgehead atoms. The lowest BCUT2D eigenvalue weighted by atomic mass is 9.93. The summed E-state index contributed by atoms with van der Waals surface area (Å²) in [6.07, 6.45) is 0.893. The van der Waals surface area contributed by atoms with Gasteiger partial charge in [-0.3, -0.25) is 0 Å². The number of hydrogen-bond acceptors (Lipinski definition) is 2. The number of carbonyl (C=O) groups excluding carboxylic acids is 1. The van der Waals surface area contributed by atoms with E-state index in [1.54, 1.807) is 23.5 Å². The number of urea groups is 1. The van der Waals surface area contributed by atoms with E-state index in [1.807, 2.05) is 35.2 Å². The normalized spacial score (nSPS) is 16.4. The van der Waals surface area contributed by atoms with Crippen LogP contribution in [0.3, 0.4) is 0 Å². The van der Waals surface area contributed by atoms with Gasteiger partial charge in [0.25, 0.3) is 0 Å². The minimum absolute atomic E-state index is 0.0523. The van der Waals surface area contributed by atoms with Crippen LogP contribution in [0.5, 0.6) is 0 Å². The molecule has 25 heavy (non-hydrogen) atoms. The molecule has 126 valence electrons. The maximum absolute atomic E-state index is 13.0. The van der Waals surface area contributed by atoms with E-state index in [0.717, 1.165) is 17.7 Å². The van der Waals surface area contributed by atoms with E-state index < -0.39 is 0 Å². The van der Waals surface area contributed by atoms with Gasteiger partial charge >= 0.3 is 6.03 Å². The molecule has 1 atom stereocenters. The van der Waals surface area contributed by atoms with Crippen molar-refractivity contribution in [3.05, 3.63) is 87.1 Å². The molecule has 1 N–H and O–H groups in total. The number of nitrogens with one attached hydrogen (secondary N) is 1. The van der Waals surface area contributed by atoms with E-state index >= 15 is 0 Å². The molecule has 0 fully saturated rings. The first-order valence-corrected chi connectivity index (χ1v) is 9.42. The van der Waals surface area contributed by atoms with Crippen LogP contribution < -0.4 is 5.32 Å². The van der Waals surface area contributed by atoms with Crippen molar-refractivity contribution < 1.29 is 4.79 Å². The minimum atomic E-state index is -0.0898. The molecule has 2 aromatic carbocycles. The Morgan fingerprint density at radius 2 is 1.84 bits per heavy atom. The molecule has 1 unspecified atom stereocenters. The number of hydrogen-bond donors (Lipinski definition) is 1. The van der Waals surface area contributed by atoms with Crippen molar-refractivity contribution in [2.45, 2.75) is 12.5 Å². The second-order valence-corrected chi connectivity index (χ2v) is 7.43. The smallest absolute Gasteiger partial charge is 0.313 e. The maximum Gasteiger partial charge on any atom is 0.322 e. The molecule has 1 aliphatic heterocycles. The number of rotatable bonds is 2. The summed E-state index contributed by atoms with van der Waals surface area (Å²) in [5, 5.41) is 5.76. The van der Waals surface area contributed by atoms with E-state index in [1.165, 1.54) is 10.4 Å². The Kier molecular flexibility index (Phi) is 4.47. The molecule has 0 saturated carbocycles. The first-order chi connectivity index (χ1) is 12.2. The summed E-state index contributed by atoms with van der Waals surface area (Å²) >= 11 is 7.69. The average Bonchev–Trinajstić information content (AvgIpc) is 3.12. The number of thiophene rings is 1. The lowest BCUT2D eigenvalue weighted by Gasteiger charge is -2.36. The van der Waals surface area contributed by atoms with Gasteiger partial charge in [-0.25, -0.2) is 4.79 Å². The van der Waals surface area contributed by atoms with Gasteiger partial charge in [-0.05, 0) is 53.3 Å². The maximum atomic E-state index is 13.0. The van der Waals surface area contributed by atoms with Crippen molar-refractivity contribution in [1.29, 1.82) is 0 Å². The van der Waals surface area contributed by atoms with Gasteiger partial charge in [0, 0.05) is 22.1 Å². The van der Waals surface area contributed by atoms with Gasteiger partial charge in [0.2, 0.25) is 0 Å². The molecule has 3 aromatic rings. The molecule has 5 heteroatoms. The highest BCUT2D eigenvalue weighted by molar-refractivity contribution is 7.10. The molecule has 0 radical (unpaired) electrons. The summed E-state index contributed by atoms with van der Waals surface area (Å²) in [5.41, 5.74) is 3.11. The van der Waals surface area contributed by atoms with Gasteiger partial charge in [-0.15, -0.1) is 11.3 Å². The first-order valence-electron chi connectivity index (χ1n) is 8.17. The number of fused-ring (bicyclic) bond motifs is 1. The van der Waals surface area contributed by atoms with Crippen molar-refractivity contribution in [3.8, 4) is 0 Å². The summed E-state index contributed by atoms with van der Waals surface area (Å²) in [5.74, 6) is 0. The van der Waals surface area contributed by atoms with Crippen molar-refractivity contribution >= 4 is 34.7 Å². The number of amides is 2. The van der Waals surface area contributed by atoms with E-state index in [2.05, 4.69) is 28.9 Å². The fourth-order valence-corrected chi connectivity index (χ4v) is 4.29. The SMILES string of the molecule is O=C(Nc1ccc(Cl)cc1)N1CCc2sccc2C1c1ccccc1. The van der Waals surface area contributed by atoms with Crippen LogP contribution in [0, 0.1) is 0 Å². The monoisotopic (exact) mass is 368 g/mol. The van der Waals surface area contributed by atoms with Crippen molar-refractivity contribution in [1.82, 2.24) is 4.90 Å². The molecule has 2 amide bonds. The van der Waals surface area contributed by atoms with Gasteiger partial charge in [-0.2, -0.15) is 0 Å². The topological polar surface area (TPSA) is 32.3 Å². The van der Waals surface area contributed by atoms with Gasteiger partial charge < -0.3 is 10.2 Å². The second-order valence-electron chi connectivity index (χ2n) is 5.99. The highest BCUT2D eigenvalue weighted by atomic mass is 35.5. The highest BCUT2D eigenvalue weighted by Gasteiger charge is 2.32. The number of benzene rings is 2. The zero-order chi connectivity index (χ0) is 17.2. The Bertz CT molecular complexity index is 876. The third-order valence-electron chi connectivity index (χ3n) is 4.44. The van der Waals surface area contributed by atoms with E-state index in [-0.39, 0.29) is 12.1 Å². The molecule has 1 aromatic heterocycles. The zero-order valence-corrected chi connectivity index (χ0v) is 15.1. The average molecular weight is 369 g/mol. The molecule has 4 rings (SSSR count). The summed E-state index contributed by atoms with van der Waals surface area (Å²) in [4.78, 5) is 16.2. The fourth-order valence-electron chi connectivity index (χ4n) is 3.26. The Morgan fingerprint density at radius 3 is 2.60 bits per heavy atom. The lowest BCUT2D eigenvalue weighted by molar-refractivity contribution is 0.194. The summed E-state index contributed by atoms with van der Waals surface area (Å²) in [6, 6.07) is 19.4. The predicted molar refractivity (Wildman–Crippen MR) is 103 cm³/mol. The van der Waals surface area contributed by atoms with Crippen LogP contribution in [0.1, 0.15) is 22.0 Å². The predicted octanol–water partition coefficient (Wildman–Crippen LogP) is 5.58. The quantitative estimate of drug-likeness (QED) is 0.629. The standard InChI is InChI=1S/C20H17ClN2OS/c21-15-6-8-16(9-7-15)22-20(24)23-12-10-18-17(11-13-25-18)19(23)14-4-2-1-3-5-14/h1-9,11,13,19H,10,12H2,(H,22,24). The van der Waals surface area contributed by atoms with Gasteiger partial charge in [0.1, 0.15) is 0 Å². The van der Waals surface area contributed by atoms with Gasteiger partial charge in [0.15, 0.2) is 0 Å². The fraction of sp³-hybridized carbons (Fsp3) is 0.150. The molecule has 1 aliphatic rings. The van der Waals surface area contributed by atoms with Crippen molar-refractivity contribution in [3.63, 3.8) is 0 Å². The lowest BCUT2D eigenvalue weighted by Crippen LogP contribution is -2.42. The Balaban J connectivity index is 1.65. The van der Waals surface area contributed by atoms with Crippen LogP contribution in [-0.2, 0) is 6.42 Å². The number of anilines is 1. The second kappa shape index (κ2) is 6.90. The molecular formula is C20H17ClN2OS. The first kappa shape index (κ1) is 16.2. The number of nitrogens with zero attached hydrogens (tertiary/aromatic N) is 1. The Hall–Kier alpha value is -2.30. The van der Waals surface area contributed by atoms with E-state index in [0.29, 0.717) is 11.6 Å². The number of carbonyl (C=O) groups is 1. The highest BCUT2D eigenvalue weighted by Crippen LogP contribution is 2.37. The minimum Gasteiger partial charge on any atom is -0.313 e. The zero-order valence-electron chi connectivity index (χ0n) is 13.5. The van der Waals surface area contributed by atoms with Gasteiger partial charge in [0.05, 0.1) is 6.04 Å². The van der Waals surface area contributed by atoms with Crippen LogP contribution in [-0.4, -0.2) is 17.5 Å². The summed E-state index contributed by atoms with van der Waals surface area (Å²) < 4.78 is 0. The van der Waals surface area contributed by atoms with E-state index in [9.17, 15) is 4.79 Å². The van der Waals surface area contributed by atoms with Crippen LogP contribution in [0.4, 0.5) is 10.5 Å². The summed E-state index contributed by atoms with van der Waals surface area (Å²) in [7, 11) is 0. The van der Waals surface area contributed by atoms with Crippen molar-refractivity contribution in [2.75, 3.05) is 11.9 Å². The van der Waals surface area contributed by atoms with Gasteiger partial charge in [-0.1, -0.05) is 41.9 Å². The van der Waals surface area contributed by atoms with E-state index in [4.69, 9.17) is 11.6 Å². The molecular weight excluding hydrogens is 352 g/mol. The number of halogens is 1. The van der Waals surface area contributed by atoms with Crippen LogP contribution >= 0.6 is 22.9 Å². The van der Waals surface area contributed by atoms with Crippen LogP contribution in [0.2, 0.25) is 5.02 Å². The van der Waals surface area contributed by atoms with Crippen LogP contribution in [0.25, 0.3) is 0 Å². The molecule has 3 nitrogen and oxygen atoms in total. The molecule has 2 heterocycles. The summed E-state index contributed by atoms with van der Waals surface area (Å²) in [6.45, 7) is 0.701. The molecule has 0 saturated heterocycles. The third kappa shape index (κ3) is 3.28. The van der Waals surface area contributed by atoms with Crippen LogP contribution in [0.15, 0.2) is 66.0 Å². The third-order valence-corrected chi connectivity index (χ3v) is 5.69. The van der Waals surface area contributed by atoms with Crippen molar-refractivity contribution in [2.24, 2.45) is 0 Å².